The Morgan fingerprint density at radius 3 is 2.66 bits per heavy atom. The van der Waals surface area contributed by atoms with Crippen molar-refractivity contribution in [3.05, 3.63) is 93.1 Å². The second kappa shape index (κ2) is 7.57. The van der Waals surface area contributed by atoms with Gasteiger partial charge in [-0.3, -0.25) is 4.79 Å². The van der Waals surface area contributed by atoms with E-state index in [1.54, 1.807) is 30.3 Å². The molecule has 0 fully saturated rings. The molecular weight excluding hydrogens is 406 g/mol. The highest BCUT2D eigenvalue weighted by molar-refractivity contribution is 5.94. The molecule has 32 heavy (non-hydrogen) atoms. The molecule has 6 heteroatoms. The van der Waals surface area contributed by atoms with Crippen molar-refractivity contribution in [1.82, 2.24) is 0 Å². The third-order valence-corrected chi connectivity index (χ3v) is 5.75. The lowest BCUT2D eigenvalue weighted by Gasteiger charge is -2.22. The maximum atomic E-state index is 13.3. The largest absolute Gasteiger partial charge is 0.481 e. The number of benzene rings is 3. The van der Waals surface area contributed by atoms with E-state index >= 15 is 0 Å². The summed E-state index contributed by atoms with van der Waals surface area (Å²) in [5, 5.41) is 13.2. The van der Waals surface area contributed by atoms with Crippen molar-refractivity contribution in [3.63, 3.8) is 0 Å². The summed E-state index contributed by atoms with van der Waals surface area (Å²) in [7, 11) is 0. The summed E-state index contributed by atoms with van der Waals surface area (Å²) in [6, 6.07) is 17.9. The molecule has 6 nitrogen and oxygen atoms in total. The molecule has 0 radical (unpaired) electrons. The summed E-state index contributed by atoms with van der Waals surface area (Å²) in [6.45, 7) is 4.15. The zero-order chi connectivity index (χ0) is 22.4. The fraction of sp³-hybridized carbons (Fsp3) is 0.154. The molecule has 1 atom stereocenters. The van der Waals surface area contributed by atoms with Gasteiger partial charge in [0.15, 0.2) is 5.76 Å². The van der Waals surface area contributed by atoms with E-state index in [0.717, 1.165) is 22.3 Å². The van der Waals surface area contributed by atoms with Crippen molar-refractivity contribution in [3.8, 4) is 17.1 Å². The maximum Gasteiger partial charge on any atom is 0.337 e. The van der Waals surface area contributed by atoms with E-state index in [9.17, 15) is 14.7 Å². The number of nitrogens with one attached hydrogen (secondary N) is 1. The Bertz CT molecular complexity index is 1440. The second-order valence-electron chi connectivity index (χ2n) is 7.98. The molecule has 0 bridgehead atoms. The number of carbonyl (C=O) groups is 1. The average Bonchev–Trinajstić information content (AvgIpc) is 2.79. The predicted molar refractivity (Wildman–Crippen MR) is 122 cm³/mol. The minimum absolute atomic E-state index is 0.178. The smallest absolute Gasteiger partial charge is 0.337 e. The van der Waals surface area contributed by atoms with E-state index in [1.807, 2.05) is 44.2 Å². The highest BCUT2D eigenvalue weighted by Crippen LogP contribution is 2.39. The number of carboxylic acids is 1. The van der Waals surface area contributed by atoms with Crippen LogP contribution < -0.4 is 15.5 Å². The highest BCUT2D eigenvalue weighted by atomic mass is 16.5. The number of hydrogen-bond donors (Lipinski definition) is 2. The van der Waals surface area contributed by atoms with Crippen molar-refractivity contribution in [2.24, 2.45) is 0 Å². The Hall–Kier alpha value is -4.06. The Kier molecular flexibility index (Phi) is 4.70. The van der Waals surface area contributed by atoms with Gasteiger partial charge in [0.05, 0.1) is 17.0 Å². The molecule has 0 unspecified atom stereocenters. The quantitative estimate of drug-likeness (QED) is 0.445. The SMILES string of the molecule is Cc1cc([C@H](C)Nc2ccccc2C(=O)O)c2oc3c(c(=O)c2c1)OCc1ccccc1-3. The molecule has 2 N–H and O–H groups in total. The van der Waals surface area contributed by atoms with Gasteiger partial charge in [-0.15, -0.1) is 0 Å². The molecular formula is C26H21NO5. The standard InChI is InChI=1S/C26H21NO5/c1-14-11-19(15(2)27-21-10-6-5-9-18(21)26(29)30)23-20(12-14)22(28)25-24(32-23)17-8-4-3-7-16(17)13-31-25/h3-12,15,27H,13H2,1-2H3,(H,29,30)/t15-/m0/s1. The van der Waals surface area contributed by atoms with E-state index in [4.69, 9.17) is 9.15 Å². The zero-order valence-electron chi connectivity index (χ0n) is 17.6. The summed E-state index contributed by atoms with van der Waals surface area (Å²) in [5.74, 6) is -0.360. The molecule has 1 aliphatic heterocycles. The van der Waals surface area contributed by atoms with Crippen LogP contribution in [0.1, 0.15) is 40.0 Å². The first kappa shape index (κ1) is 19.9. The Labute approximate surface area is 184 Å². The summed E-state index contributed by atoms with van der Waals surface area (Å²) in [5.41, 5.74) is 4.40. The third-order valence-electron chi connectivity index (χ3n) is 5.75. The summed E-state index contributed by atoms with van der Waals surface area (Å²) in [6.07, 6.45) is 0. The van der Waals surface area contributed by atoms with Crippen LogP contribution in [0.15, 0.2) is 69.9 Å². The topological polar surface area (TPSA) is 88.8 Å². The molecule has 4 aromatic rings. The monoisotopic (exact) mass is 427 g/mol. The van der Waals surface area contributed by atoms with E-state index in [2.05, 4.69) is 5.32 Å². The lowest BCUT2D eigenvalue weighted by Crippen LogP contribution is -2.16. The molecule has 2 heterocycles. The fourth-order valence-corrected chi connectivity index (χ4v) is 4.21. The van der Waals surface area contributed by atoms with Crippen molar-refractivity contribution in [2.75, 3.05) is 5.32 Å². The van der Waals surface area contributed by atoms with Crippen molar-refractivity contribution in [1.29, 1.82) is 0 Å². The number of rotatable bonds is 4. The van der Waals surface area contributed by atoms with Crippen LogP contribution in [0.3, 0.4) is 0 Å². The number of para-hydroxylation sites is 1. The Morgan fingerprint density at radius 2 is 1.84 bits per heavy atom. The van der Waals surface area contributed by atoms with Gasteiger partial charge < -0.3 is 19.6 Å². The van der Waals surface area contributed by atoms with Gasteiger partial charge in [-0.1, -0.05) is 42.5 Å². The van der Waals surface area contributed by atoms with Crippen molar-refractivity contribution < 1.29 is 19.1 Å². The van der Waals surface area contributed by atoms with Crippen LogP contribution in [0.25, 0.3) is 22.3 Å². The van der Waals surface area contributed by atoms with E-state index in [0.29, 0.717) is 29.0 Å². The van der Waals surface area contributed by atoms with Gasteiger partial charge in [0.1, 0.15) is 12.2 Å². The highest BCUT2D eigenvalue weighted by Gasteiger charge is 2.26. The van der Waals surface area contributed by atoms with Crippen LogP contribution in [-0.4, -0.2) is 11.1 Å². The van der Waals surface area contributed by atoms with Gasteiger partial charge in [-0.25, -0.2) is 4.79 Å². The first-order chi connectivity index (χ1) is 15.4. The third kappa shape index (κ3) is 3.21. The lowest BCUT2D eigenvalue weighted by molar-refractivity contribution is 0.0698. The number of carboxylic acid groups (broad SMARTS) is 1. The normalized spacial score (nSPS) is 13.1. The van der Waals surface area contributed by atoms with E-state index in [1.165, 1.54) is 0 Å². The lowest BCUT2D eigenvalue weighted by atomic mass is 9.98. The number of aryl methyl sites for hydroxylation is 1. The fourth-order valence-electron chi connectivity index (χ4n) is 4.21. The predicted octanol–water partition coefficient (Wildman–Crippen LogP) is 5.53. The average molecular weight is 427 g/mol. The zero-order valence-corrected chi connectivity index (χ0v) is 17.6. The Balaban J connectivity index is 1.69. The molecule has 160 valence electrons. The maximum absolute atomic E-state index is 13.3. The minimum Gasteiger partial charge on any atom is -0.481 e. The van der Waals surface area contributed by atoms with Crippen molar-refractivity contribution >= 4 is 22.6 Å². The molecule has 3 aromatic carbocycles. The summed E-state index contributed by atoms with van der Waals surface area (Å²) in [4.78, 5) is 24.9. The number of ether oxygens (including phenoxy) is 1. The van der Waals surface area contributed by atoms with Gasteiger partial charge in [0.2, 0.25) is 11.2 Å². The first-order valence-electron chi connectivity index (χ1n) is 10.4. The minimum atomic E-state index is -1.01. The summed E-state index contributed by atoms with van der Waals surface area (Å²) >= 11 is 0. The first-order valence-corrected chi connectivity index (χ1v) is 10.4. The van der Waals surface area contributed by atoms with Crippen LogP contribution >= 0.6 is 0 Å². The number of fused-ring (bicyclic) bond motifs is 4. The van der Waals surface area contributed by atoms with Gasteiger partial charge in [-0.05, 0) is 37.6 Å². The second-order valence-corrected chi connectivity index (χ2v) is 7.98. The molecule has 1 aliphatic rings. The van der Waals surface area contributed by atoms with Crippen LogP contribution in [0.5, 0.6) is 5.75 Å². The molecule has 0 saturated carbocycles. The number of aromatic carboxylic acids is 1. The van der Waals surface area contributed by atoms with Gasteiger partial charge >= 0.3 is 5.97 Å². The Morgan fingerprint density at radius 1 is 1.09 bits per heavy atom. The van der Waals surface area contributed by atoms with Gasteiger partial charge in [0, 0.05) is 22.4 Å². The molecule has 0 spiro atoms. The van der Waals surface area contributed by atoms with E-state index < -0.39 is 5.97 Å². The molecule has 0 saturated heterocycles. The van der Waals surface area contributed by atoms with E-state index in [-0.39, 0.29) is 22.8 Å². The number of hydrogen-bond acceptors (Lipinski definition) is 5. The summed E-state index contributed by atoms with van der Waals surface area (Å²) < 4.78 is 12.1. The van der Waals surface area contributed by atoms with Crippen LogP contribution in [0.2, 0.25) is 0 Å². The van der Waals surface area contributed by atoms with Crippen LogP contribution in [0.4, 0.5) is 5.69 Å². The van der Waals surface area contributed by atoms with Crippen LogP contribution in [0, 0.1) is 6.92 Å². The molecule has 1 aromatic heterocycles. The molecule has 0 aliphatic carbocycles. The molecule has 0 amide bonds. The molecule has 5 rings (SSSR count). The number of anilines is 1. The van der Waals surface area contributed by atoms with Crippen molar-refractivity contribution in [2.45, 2.75) is 26.5 Å². The van der Waals surface area contributed by atoms with Gasteiger partial charge in [0.25, 0.3) is 0 Å². The van der Waals surface area contributed by atoms with Crippen LogP contribution in [-0.2, 0) is 6.61 Å². The van der Waals surface area contributed by atoms with Gasteiger partial charge in [-0.2, -0.15) is 0 Å².